The van der Waals surface area contributed by atoms with Crippen molar-refractivity contribution in [2.45, 2.75) is 25.6 Å². The van der Waals surface area contributed by atoms with E-state index in [4.69, 9.17) is 0 Å². The van der Waals surface area contributed by atoms with E-state index in [1.165, 1.54) is 5.56 Å². The molecule has 0 bridgehead atoms. The molecule has 0 spiro atoms. The van der Waals surface area contributed by atoms with Gasteiger partial charge in [0.15, 0.2) is 0 Å². The van der Waals surface area contributed by atoms with Gasteiger partial charge in [-0.05, 0) is 37.8 Å². The first kappa shape index (κ1) is 10.4. The van der Waals surface area contributed by atoms with Gasteiger partial charge in [-0.1, -0.05) is 0 Å². The van der Waals surface area contributed by atoms with Gasteiger partial charge in [-0.2, -0.15) is 11.8 Å². The Morgan fingerprint density at radius 1 is 1.54 bits per heavy atom. The number of hydrogen-bond donors (Lipinski definition) is 1. The first-order chi connectivity index (χ1) is 6.22. The highest BCUT2D eigenvalue weighted by molar-refractivity contribution is 7.97. The van der Waals surface area contributed by atoms with Crippen LogP contribution in [-0.2, 0) is 5.75 Å². The van der Waals surface area contributed by atoms with E-state index in [1.54, 1.807) is 0 Å². The van der Waals surface area contributed by atoms with Crippen molar-refractivity contribution in [2.75, 3.05) is 11.6 Å². The molecule has 0 unspecified atom stereocenters. The molecule has 1 rings (SSSR count). The summed E-state index contributed by atoms with van der Waals surface area (Å²) < 4.78 is 0. The summed E-state index contributed by atoms with van der Waals surface area (Å²) in [4.78, 5) is 4.24. The summed E-state index contributed by atoms with van der Waals surface area (Å²) in [5.74, 6) is 2.02. The number of anilines is 1. The van der Waals surface area contributed by atoms with E-state index in [9.17, 15) is 0 Å². The summed E-state index contributed by atoms with van der Waals surface area (Å²) in [5, 5.41) is 3.28. The van der Waals surface area contributed by atoms with Crippen molar-refractivity contribution in [1.82, 2.24) is 4.98 Å². The molecule has 0 aliphatic heterocycles. The van der Waals surface area contributed by atoms with Crippen LogP contribution in [0.4, 0.5) is 5.82 Å². The highest BCUT2D eigenvalue weighted by Crippen LogP contribution is 2.12. The lowest BCUT2D eigenvalue weighted by Gasteiger charge is -2.09. The zero-order chi connectivity index (χ0) is 9.68. The van der Waals surface area contributed by atoms with Crippen LogP contribution in [0.5, 0.6) is 0 Å². The van der Waals surface area contributed by atoms with Gasteiger partial charge >= 0.3 is 0 Å². The summed E-state index contributed by atoms with van der Waals surface area (Å²) in [6, 6.07) is 4.61. The van der Waals surface area contributed by atoms with Gasteiger partial charge in [-0.3, -0.25) is 0 Å². The molecule has 0 aromatic carbocycles. The van der Waals surface area contributed by atoms with E-state index in [2.05, 4.69) is 42.5 Å². The normalized spacial score (nSPS) is 10.5. The fourth-order valence-corrected chi connectivity index (χ4v) is 1.62. The SMILES string of the molecule is CSCc1ccnc(NC(C)C)c1. The fourth-order valence-electron chi connectivity index (χ4n) is 1.11. The predicted molar refractivity (Wildman–Crippen MR) is 60.2 cm³/mol. The smallest absolute Gasteiger partial charge is 0.126 e. The molecule has 2 nitrogen and oxygen atoms in total. The second kappa shape index (κ2) is 5.12. The molecule has 0 aliphatic carbocycles. The van der Waals surface area contributed by atoms with Gasteiger partial charge in [0.05, 0.1) is 0 Å². The molecule has 0 radical (unpaired) electrons. The Labute approximate surface area is 84.1 Å². The first-order valence-electron chi connectivity index (χ1n) is 4.43. The lowest BCUT2D eigenvalue weighted by Crippen LogP contribution is -2.10. The minimum absolute atomic E-state index is 0.442. The van der Waals surface area contributed by atoms with Crippen molar-refractivity contribution in [3.8, 4) is 0 Å². The summed E-state index contributed by atoms with van der Waals surface area (Å²) in [5.41, 5.74) is 1.32. The number of nitrogens with one attached hydrogen (secondary N) is 1. The molecule has 3 heteroatoms. The minimum Gasteiger partial charge on any atom is -0.368 e. The zero-order valence-electron chi connectivity index (χ0n) is 8.37. The van der Waals surface area contributed by atoms with Crippen LogP contribution in [0, 0.1) is 0 Å². The van der Waals surface area contributed by atoms with Gasteiger partial charge in [0.25, 0.3) is 0 Å². The Kier molecular flexibility index (Phi) is 4.09. The van der Waals surface area contributed by atoms with Gasteiger partial charge in [0.2, 0.25) is 0 Å². The number of pyridine rings is 1. The van der Waals surface area contributed by atoms with Crippen LogP contribution in [0.15, 0.2) is 18.3 Å². The summed E-state index contributed by atoms with van der Waals surface area (Å²) >= 11 is 1.83. The lowest BCUT2D eigenvalue weighted by atomic mass is 10.3. The third-order valence-corrected chi connectivity index (χ3v) is 2.19. The number of hydrogen-bond acceptors (Lipinski definition) is 3. The van der Waals surface area contributed by atoms with E-state index in [-0.39, 0.29) is 0 Å². The Morgan fingerprint density at radius 3 is 2.92 bits per heavy atom. The van der Waals surface area contributed by atoms with E-state index >= 15 is 0 Å². The lowest BCUT2D eigenvalue weighted by molar-refractivity contribution is 0.888. The van der Waals surface area contributed by atoms with Crippen molar-refractivity contribution in [3.63, 3.8) is 0 Å². The molecule has 0 atom stereocenters. The van der Waals surface area contributed by atoms with Crippen LogP contribution in [0.25, 0.3) is 0 Å². The Morgan fingerprint density at radius 2 is 2.31 bits per heavy atom. The summed E-state index contributed by atoms with van der Waals surface area (Å²) in [6.45, 7) is 4.23. The molecule has 0 fully saturated rings. The second-order valence-electron chi connectivity index (χ2n) is 3.28. The highest BCUT2D eigenvalue weighted by atomic mass is 32.2. The van der Waals surface area contributed by atoms with Gasteiger partial charge in [0.1, 0.15) is 5.82 Å². The molecule has 13 heavy (non-hydrogen) atoms. The third kappa shape index (κ3) is 3.68. The highest BCUT2D eigenvalue weighted by Gasteiger charge is 1.97. The van der Waals surface area contributed by atoms with E-state index in [0.29, 0.717) is 6.04 Å². The maximum Gasteiger partial charge on any atom is 0.126 e. The molecule has 1 aromatic rings. The van der Waals surface area contributed by atoms with Crippen LogP contribution in [-0.4, -0.2) is 17.3 Å². The van der Waals surface area contributed by atoms with E-state index in [0.717, 1.165) is 11.6 Å². The van der Waals surface area contributed by atoms with Crippen LogP contribution < -0.4 is 5.32 Å². The van der Waals surface area contributed by atoms with Crippen molar-refractivity contribution in [1.29, 1.82) is 0 Å². The molecule has 0 saturated heterocycles. The topological polar surface area (TPSA) is 24.9 Å². The molecule has 1 aromatic heterocycles. The van der Waals surface area contributed by atoms with E-state index < -0.39 is 0 Å². The molecule has 0 aliphatic rings. The number of thioether (sulfide) groups is 1. The minimum atomic E-state index is 0.442. The van der Waals surface area contributed by atoms with Crippen molar-refractivity contribution in [2.24, 2.45) is 0 Å². The van der Waals surface area contributed by atoms with Gasteiger partial charge < -0.3 is 5.32 Å². The van der Waals surface area contributed by atoms with Gasteiger partial charge in [-0.15, -0.1) is 0 Å². The molecular weight excluding hydrogens is 180 g/mol. The van der Waals surface area contributed by atoms with Gasteiger partial charge in [-0.25, -0.2) is 4.98 Å². The summed E-state index contributed by atoms with van der Waals surface area (Å²) in [6.07, 6.45) is 3.96. The Hall–Kier alpha value is -0.700. The molecule has 1 N–H and O–H groups in total. The van der Waals surface area contributed by atoms with Crippen molar-refractivity contribution >= 4 is 17.6 Å². The molecule has 0 amide bonds. The van der Waals surface area contributed by atoms with Crippen LogP contribution in [0.2, 0.25) is 0 Å². The largest absolute Gasteiger partial charge is 0.368 e. The van der Waals surface area contributed by atoms with Crippen LogP contribution in [0.1, 0.15) is 19.4 Å². The molecule has 1 heterocycles. The van der Waals surface area contributed by atoms with E-state index in [1.807, 2.05) is 18.0 Å². The van der Waals surface area contributed by atoms with Crippen molar-refractivity contribution < 1.29 is 0 Å². The molecule has 0 saturated carbocycles. The Balaban J connectivity index is 2.67. The predicted octanol–water partition coefficient (Wildman–Crippen LogP) is 2.76. The quantitative estimate of drug-likeness (QED) is 0.801. The number of aromatic nitrogens is 1. The fraction of sp³-hybridized carbons (Fsp3) is 0.500. The first-order valence-corrected chi connectivity index (χ1v) is 5.82. The van der Waals surface area contributed by atoms with Crippen LogP contribution in [0.3, 0.4) is 0 Å². The maximum absolute atomic E-state index is 4.24. The zero-order valence-corrected chi connectivity index (χ0v) is 9.19. The Bertz CT molecular complexity index is 261. The standard InChI is InChI=1S/C10H16N2S/c1-8(2)12-10-6-9(7-13-3)4-5-11-10/h4-6,8H,7H2,1-3H3,(H,11,12). The van der Waals surface area contributed by atoms with Gasteiger partial charge in [0, 0.05) is 18.0 Å². The van der Waals surface area contributed by atoms with Crippen molar-refractivity contribution in [3.05, 3.63) is 23.9 Å². The molecule has 72 valence electrons. The average molecular weight is 196 g/mol. The number of nitrogens with zero attached hydrogens (tertiary/aromatic N) is 1. The maximum atomic E-state index is 4.24. The summed E-state index contributed by atoms with van der Waals surface area (Å²) in [7, 11) is 0. The average Bonchev–Trinajstić information content (AvgIpc) is 2.04. The second-order valence-corrected chi connectivity index (χ2v) is 4.15. The van der Waals surface area contributed by atoms with Crippen LogP contribution >= 0.6 is 11.8 Å². The monoisotopic (exact) mass is 196 g/mol. The molecular formula is C10H16N2S. The third-order valence-electron chi connectivity index (χ3n) is 1.57. The number of rotatable bonds is 4.